The highest BCUT2D eigenvalue weighted by atomic mass is 16.5. The van der Waals surface area contributed by atoms with Crippen LogP contribution in [0.5, 0.6) is 0 Å². The summed E-state index contributed by atoms with van der Waals surface area (Å²) in [6, 6.07) is 2.99. The van der Waals surface area contributed by atoms with Crippen molar-refractivity contribution in [2.45, 2.75) is 20.3 Å². The SMILES string of the molecule is COC(=O)c1cccnc1C(=O)CC(=O)C(C)C. The van der Waals surface area contributed by atoms with Crippen LogP contribution in [0.1, 0.15) is 41.1 Å². The third-order valence-corrected chi connectivity index (χ3v) is 2.46. The molecule has 0 aromatic carbocycles. The Morgan fingerprint density at radius 1 is 1.33 bits per heavy atom. The van der Waals surface area contributed by atoms with Gasteiger partial charge in [-0.1, -0.05) is 13.8 Å². The van der Waals surface area contributed by atoms with Crippen molar-refractivity contribution in [2.24, 2.45) is 5.92 Å². The number of hydrogen-bond donors (Lipinski definition) is 0. The number of esters is 1. The fourth-order valence-electron chi connectivity index (χ4n) is 1.35. The van der Waals surface area contributed by atoms with Crippen molar-refractivity contribution in [1.29, 1.82) is 0 Å². The lowest BCUT2D eigenvalue weighted by atomic mass is 10.0. The summed E-state index contributed by atoms with van der Waals surface area (Å²) in [4.78, 5) is 38.7. The van der Waals surface area contributed by atoms with Gasteiger partial charge in [-0.2, -0.15) is 0 Å². The number of aromatic nitrogens is 1. The Bertz CT molecular complexity index is 480. The molecule has 18 heavy (non-hydrogen) atoms. The molecule has 0 aliphatic rings. The zero-order valence-corrected chi connectivity index (χ0v) is 10.6. The number of ether oxygens (including phenoxy) is 1. The molecule has 0 spiro atoms. The van der Waals surface area contributed by atoms with Crippen LogP contribution in [0.4, 0.5) is 0 Å². The van der Waals surface area contributed by atoms with Gasteiger partial charge in [0.05, 0.1) is 19.1 Å². The van der Waals surface area contributed by atoms with E-state index in [1.807, 2.05) is 0 Å². The largest absolute Gasteiger partial charge is 0.465 e. The molecule has 0 saturated heterocycles. The van der Waals surface area contributed by atoms with Crippen molar-refractivity contribution in [3.8, 4) is 0 Å². The van der Waals surface area contributed by atoms with Gasteiger partial charge in [0.15, 0.2) is 5.78 Å². The van der Waals surface area contributed by atoms with E-state index in [0.29, 0.717) is 0 Å². The van der Waals surface area contributed by atoms with E-state index in [-0.39, 0.29) is 29.4 Å². The first-order valence-corrected chi connectivity index (χ1v) is 5.56. The van der Waals surface area contributed by atoms with Gasteiger partial charge in [0.1, 0.15) is 11.5 Å². The van der Waals surface area contributed by atoms with Gasteiger partial charge in [0.2, 0.25) is 0 Å². The van der Waals surface area contributed by atoms with E-state index in [4.69, 9.17) is 0 Å². The van der Waals surface area contributed by atoms with Crippen LogP contribution in [-0.4, -0.2) is 29.6 Å². The summed E-state index contributed by atoms with van der Waals surface area (Å²) in [5.41, 5.74) is 0.0694. The van der Waals surface area contributed by atoms with E-state index < -0.39 is 11.8 Å². The predicted octanol–water partition coefficient (Wildman–Crippen LogP) is 1.67. The van der Waals surface area contributed by atoms with Gasteiger partial charge in [-0.25, -0.2) is 4.79 Å². The van der Waals surface area contributed by atoms with Crippen LogP contribution in [0.3, 0.4) is 0 Å². The van der Waals surface area contributed by atoms with E-state index >= 15 is 0 Å². The van der Waals surface area contributed by atoms with Crippen LogP contribution in [0.15, 0.2) is 18.3 Å². The Hall–Kier alpha value is -2.04. The van der Waals surface area contributed by atoms with Crippen LogP contribution < -0.4 is 0 Å². The average molecular weight is 249 g/mol. The molecule has 1 rings (SSSR count). The number of carbonyl (C=O) groups excluding carboxylic acids is 3. The molecule has 0 saturated carbocycles. The maximum absolute atomic E-state index is 11.9. The fourth-order valence-corrected chi connectivity index (χ4v) is 1.35. The minimum absolute atomic E-state index is 0.0154. The van der Waals surface area contributed by atoms with Gasteiger partial charge in [0.25, 0.3) is 0 Å². The maximum Gasteiger partial charge on any atom is 0.340 e. The van der Waals surface area contributed by atoms with Crippen LogP contribution >= 0.6 is 0 Å². The molecule has 0 bridgehead atoms. The summed E-state index contributed by atoms with van der Waals surface area (Å²) in [5, 5.41) is 0. The topological polar surface area (TPSA) is 73.3 Å². The number of pyridine rings is 1. The molecule has 0 N–H and O–H groups in total. The molecule has 0 unspecified atom stereocenters. The van der Waals surface area contributed by atoms with Crippen LogP contribution in [0.25, 0.3) is 0 Å². The summed E-state index contributed by atoms with van der Waals surface area (Å²) in [6.45, 7) is 3.44. The van der Waals surface area contributed by atoms with Crippen molar-refractivity contribution in [1.82, 2.24) is 4.98 Å². The summed E-state index contributed by atoms with van der Waals surface area (Å²) in [7, 11) is 1.23. The molecular weight excluding hydrogens is 234 g/mol. The number of Topliss-reactive ketones (excluding diaryl/α,β-unsaturated/α-hetero) is 2. The summed E-state index contributed by atoms with van der Waals surface area (Å²) in [6.07, 6.45) is 1.15. The number of hydrogen-bond acceptors (Lipinski definition) is 5. The van der Waals surface area contributed by atoms with E-state index in [9.17, 15) is 14.4 Å². The van der Waals surface area contributed by atoms with Gasteiger partial charge in [-0.05, 0) is 12.1 Å². The third-order valence-electron chi connectivity index (χ3n) is 2.46. The molecule has 1 aromatic heterocycles. The Morgan fingerprint density at radius 3 is 2.56 bits per heavy atom. The molecule has 5 heteroatoms. The predicted molar refractivity (Wildman–Crippen MR) is 64.4 cm³/mol. The fraction of sp³-hybridized carbons (Fsp3) is 0.385. The first kappa shape index (κ1) is 14.0. The lowest BCUT2D eigenvalue weighted by Crippen LogP contribution is -2.17. The average Bonchev–Trinajstić information content (AvgIpc) is 2.37. The molecule has 0 aliphatic carbocycles. The van der Waals surface area contributed by atoms with E-state index in [0.717, 1.165) is 0 Å². The van der Waals surface area contributed by atoms with E-state index in [2.05, 4.69) is 9.72 Å². The summed E-state index contributed by atoms with van der Waals surface area (Å²) < 4.78 is 4.56. The highest BCUT2D eigenvalue weighted by Gasteiger charge is 2.21. The Kier molecular flexibility index (Phi) is 4.71. The minimum atomic E-state index is -0.636. The third kappa shape index (κ3) is 3.23. The Morgan fingerprint density at radius 2 is 2.00 bits per heavy atom. The summed E-state index contributed by atoms with van der Waals surface area (Å²) in [5.74, 6) is -1.50. The second-order valence-electron chi connectivity index (χ2n) is 4.11. The van der Waals surface area contributed by atoms with Gasteiger partial charge in [0, 0.05) is 12.1 Å². The van der Waals surface area contributed by atoms with E-state index in [1.54, 1.807) is 13.8 Å². The zero-order chi connectivity index (χ0) is 13.7. The molecule has 1 heterocycles. The molecule has 0 radical (unpaired) electrons. The second kappa shape index (κ2) is 6.05. The molecule has 0 amide bonds. The first-order chi connectivity index (χ1) is 8.47. The quantitative estimate of drug-likeness (QED) is 0.451. The van der Waals surface area contributed by atoms with Crippen LogP contribution in [0.2, 0.25) is 0 Å². The van der Waals surface area contributed by atoms with Crippen molar-refractivity contribution < 1.29 is 19.1 Å². The molecular formula is C13H15NO4. The molecule has 0 atom stereocenters. The monoisotopic (exact) mass is 249 g/mol. The van der Waals surface area contributed by atoms with Gasteiger partial charge < -0.3 is 4.74 Å². The lowest BCUT2D eigenvalue weighted by Gasteiger charge is -2.06. The zero-order valence-electron chi connectivity index (χ0n) is 10.6. The smallest absolute Gasteiger partial charge is 0.340 e. The van der Waals surface area contributed by atoms with Gasteiger partial charge in [-0.15, -0.1) is 0 Å². The Labute approximate surface area is 105 Å². The molecule has 1 aromatic rings. The lowest BCUT2D eigenvalue weighted by molar-refractivity contribution is -0.121. The normalized spacial score (nSPS) is 10.2. The molecule has 5 nitrogen and oxygen atoms in total. The minimum Gasteiger partial charge on any atom is -0.465 e. The number of carbonyl (C=O) groups is 3. The molecule has 96 valence electrons. The molecule has 0 fully saturated rings. The maximum atomic E-state index is 11.9. The number of ketones is 2. The highest BCUT2D eigenvalue weighted by Crippen LogP contribution is 2.11. The number of rotatable bonds is 5. The number of methoxy groups -OCH3 is 1. The van der Waals surface area contributed by atoms with Crippen molar-refractivity contribution in [2.75, 3.05) is 7.11 Å². The summed E-state index contributed by atoms with van der Waals surface area (Å²) >= 11 is 0. The Balaban J connectivity index is 2.99. The molecule has 0 aliphatic heterocycles. The van der Waals surface area contributed by atoms with E-state index in [1.165, 1.54) is 25.4 Å². The highest BCUT2D eigenvalue weighted by molar-refractivity contribution is 6.11. The van der Waals surface area contributed by atoms with Crippen molar-refractivity contribution in [3.05, 3.63) is 29.6 Å². The standard InChI is InChI=1S/C13H15NO4/c1-8(2)10(15)7-11(16)12-9(13(17)18-3)5-4-6-14-12/h4-6,8H,7H2,1-3H3. The van der Waals surface area contributed by atoms with Gasteiger partial charge >= 0.3 is 5.97 Å². The van der Waals surface area contributed by atoms with Crippen molar-refractivity contribution >= 4 is 17.5 Å². The van der Waals surface area contributed by atoms with Crippen LogP contribution in [0, 0.1) is 5.92 Å². The van der Waals surface area contributed by atoms with Gasteiger partial charge in [-0.3, -0.25) is 14.6 Å². The van der Waals surface area contributed by atoms with Crippen LogP contribution in [-0.2, 0) is 9.53 Å². The second-order valence-corrected chi connectivity index (χ2v) is 4.11. The number of nitrogens with zero attached hydrogens (tertiary/aromatic N) is 1. The first-order valence-electron chi connectivity index (χ1n) is 5.56. The van der Waals surface area contributed by atoms with Crippen molar-refractivity contribution in [3.63, 3.8) is 0 Å².